The lowest BCUT2D eigenvalue weighted by Crippen LogP contribution is -2.36. The molecule has 0 unspecified atom stereocenters. The molecule has 3 rings (SSSR count). The Balaban J connectivity index is 2.12. The van der Waals surface area contributed by atoms with Crippen LogP contribution in [0.3, 0.4) is 0 Å². The molecule has 32 heavy (non-hydrogen) atoms. The van der Waals surface area contributed by atoms with Crippen LogP contribution < -0.4 is 9.47 Å². The van der Waals surface area contributed by atoms with Crippen LogP contribution in [0.4, 0.5) is 13.2 Å². The summed E-state index contributed by atoms with van der Waals surface area (Å²) in [6, 6.07) is 14.3. The Bertz CT molecular complexity index is 1030. The van der Waals surface area contributed by atoms with Crippen LogP contribution in [0.5, 0.6) is 11.5 Å². The molecular weight excluding hydrogens is 445 g/mol. The van der Waals surface area contributed by atoms with Crippen LogP contribution in [0.2, 0.25) is 0 Å². The van der Waals surface area contributed by atoms with E-state index in [0.29, 0.717) is 30.8 Å². The minimum atomic E-state index is -5.82. The number of ether oxygens (including phenoxy) is 2. The number of hydrogen-bond donors (Lipinski definition) is 0. The molecule has 174 valence electrons. The minimum absolute atomic E-state index is 0.196. The molecule has 0 atom stereocenters. The molecule has 0 fully saturated rings. The first-order valence-corrected chi connectivity index (χ1v) is 11.5. The van der Waals surface area contributed by atoms with E-state index in [0.717, 1.165) is 11.1 Å². The predicted octanol–water partition coefficient (Wildman–Crippen LogP) is 5.41. The van der Waals surface area contributed by atoms with Gasteiger partial charge in [-0.25, -0.2) is 0 Å². The van der Waals surface area contributed by atoms with Crippen LogP contribution >= 0.6 is 0 Å². The third kappa shape index (κ3) is 5.03. The van der Waals surface area contributed by atoms with Gasteiger partial charge in [-0.1, -0.05) is 36.4 Å². The molecule has 2 aromatic carbocycles. The van der Waals surface area contributed by atoms with Crippen LogP contribution in [-0.4, -0.2) is 28.1 Å². The molecule has 0 spiro atoms. The van der Waals surface area contributed by atoms with Gasteiger partial charge < -0.3 is 13.7 Å². The first-order valence-electron chi connectivity index (χ1n) is 10.1. The van der Waals surface area contributed by atoms with Crippen molar-refractivity contribution in [1.29, 1.82) is 0 Å². The molecule has 0 amide bonds. The molecule has 1 aliphatic rings. The molecular formula is C23H25F3O5S. The summed E-state index contributed by atoms with van der Waals surface area (Å²) in [4.78, 5) is 0. The van der Waals surface area contributed by atoms with E-state index in [-0.39, 0.29) is 18.6 Å². The monoisotopic (exact) mass is 470 g/mol. The number of rotatable bonds is 8. The Morgan fingerprint density at radius 1 is 0.906 bits per heavy atom. The van der Waals surface area contributed by atoms with Gasteiger partial charge in [-0.15, -0.1) is 0 Å². The van der Waals surface area contributed by atoms with Crippen LogP contribution in [0.15, 0.2) is 60.4 Å². The zero-order valence-corrected chi connectivity index (χ0v) is 18.6. The zero-order valence-electron chi connectivity index (χ0n) is 17.8. The number of methoxy groups -OCH3 is 2. The summed E-state index contributed by atoms with van der Waals surface area (Å²) < 4.78 is 78.9. The summed E-state index contributed by atoms with van der Waals surface area (Å²) in [6.45, 7) is 0. The number of para-hydroxylation sites is 2. The van der Waals surface area contributed by atoms with E-state index < -0.39 is 21.0 Å². The van der Waals surface area contributed by atoms with Crippen LogP contribution in [0.25, 0.3) is 0 Å². The Morgan fingerprint density at radius 2 is 1.41 bits per heavy atom. The Morgan fingerprint density at radius 3 is 1.88 bits per heavy atom. The van der Waals surface area contributed by atoms with Crippen molar-refractivity contribution >= 4 is 10.1 Å². The van der Waals surface area contributed by atoms with E-state index in [4.69, 9.17) is 13.7 Å². The second-order valence-corrected chi connectivity index (χ2v) is 9.24. The molecule has 2 aromatic rings. The molecule has 5 nitrogen and oxygen atoms in total. The highest BCUT2D eigenvalue weighted by Crippen LogP contribution is 2.47. The van der Waals surface area contributed by atoms with Crippen molar-refractivity contribution in [3.63, 3.8) is 0 Å². The van der Waals surface area contributed by atoms with E-state index in [1.54, 1.807) is 36.4 Å². The first kappa shape index (κ1) is 24.0. The van der Waals surface area contributed by atoms with Gasteiger partial charge in [-0.05, 0) is 61.4 Å². The van der Waals surface area contributed by atoms with Crippen molar-refractivity contribution < 1.29 is 35.2 Å². The Hall–Kier alpha value is -2.68. The number of halogens is 3. The van der Waals surface area contributed by atoms with Crippen LogP contribution in [0.1, 0.15) is 30.4 Å². The van der Waals surface area contributed by atoms with Crippen LogP contribution in [-0.2, 0) is 27.1 Å². The lowest BCUT2D eigenvalue weighted by atomic mass is 9.69. The van der Waals surface area contributed by atoms with Crippen LogP contribution in [0, 0.1) is 5.41 Å². The smallest absolute Gasteiger partial charge is 0.496 e. The molecule has 0 radical (unpaired) electrons. The molecule has 0 aliphatic heterocycles. The Labute approximate surface area is 185 Å². The van der Waals surface area contributed by atoms with Gasteiger partial charge in [0.1, 0.15) is 17.3 Å². The van der Waals surface area contributed by atoms with E-state index in [9.17, 15) is 21.6 Å². The molecule has 0 heterocycles. The van der Waals surface area contributed by atoms with E-state index >= 15 is 0 Å². The van der Waals surface area contributed by atoms with Gasteiger partial charge in [0, 0.05) is 5.41 Å². The fraction of sp³-hybridized carbons (Fsp3) is 0.391. The molecule has 0 aromatic heterocycles. The standard InChI is InChI=1S/C23H25F3O5S/c1-29-19-11-5-3-9-17(19)15-22(16-18-10-4-6-12-20(18)30-2)14-8-7-13-21(22)31-32(27,28)23(24,25)26/h3-6,9-13H,7-8,14-16H2,1-2H3. The second-order valence-electron chi connectivity index (χ2n) is 7.70. The lowest BCUT2D eigenvalue weighted by molar-refractivity contribution is -0.0536. The quantitative estimate of drug-likeness (QED) is 0.381. The van der Waals surface area contributed by atoms with Gasteiger partial charge in [-0.2, -0.15) is 21.6 Å². The zero-order chi connectivity index (χ0) is 23.4. The van der Waals surface area contributed by atoms with Crippen molar-refractivity contribution in [3.8, 4) is 11.5 Å². The van der Waals surface area contributed by atoms with Crippen molar-refractivity contribution in [2.45, 2.75) is 37.6 Å². The third-order valence-electron chi connectivity index (χ3n) is 5.64. The van der Waals surface area contributed by atoms with Crippen molar-refractivity contribution in [3.05, 3.63) is 71.5 Å². The SMILES string of the molecule is COc1ccccc1CC1(Cc2ccccc2OC)CCCC=C1OS(=O)(=O)C(F)(F)F. The van der Waals surface area contributed by atoms with Gasteiger partial charge in [0.2, 0.25) is 0 Å². The van der Waals surface area contributed by atoms with Crippen molar-refractivity contribution in [2.24, 2.45) is 5.41 Å². The van der Waals surface area contributed by atoms with Crippen molar-refractivity contribution in [2.75, 3.05) is 14.2 Å². The summed E-state index contributed by atoms with van der Waals surface area (Å²) in [7, 11) is -2.80. The highest BCUT2D eigenvalue weighted by molar-refractivity contribution is 7.87. The van der Waals surface area contributed by atoms with Gasteiger partial charge in [0.25, 0.3) is 0 Å². The highest BCUT2D eigenvalue weighted by atomic mass is 32.2. The highest BCUT2D eigenvalue weighted by Gasteiger charge is 2.51. The largest absolute Gasteiger partial charge is 0.534 e. The number of alkyl halides is 3. The van der Waals surface area contributed by atoms with E-state index in [2.05, 4.69) is 0 Å². The normalized spacial score (nSPS) is 16.2. The molecule has 0 bridgehead atoms. The molecule has 0 N–H and O–H groups in total. The van der Waals surface area contributed by atoms with E-state index in [1.165, 1.54) is 20.3 Å². The average Bonchev–Trinajstić information content (AvgIpc) is 2.75. The van der Waals surface area contributed by atoms with Gasteiger partial charge in [0.15, 0.2) is 0 Å². The summed E-state index contributed by atoms with van der Waals surface area (Å²) in [5, 5.41) is 0. The molecule has 0 saturated carbocycles. The molecule has 0 saturated heterocycles. The van der Waals surface area contributed by atoms with E-state index in [1.807, 2.05) is 12.1 Å². The maximum absolute atomic E-state index is 13.2. The molecule has 9 heteroatoms. The summed E-state index contributed by atoms with van der Waals surface area (Å²) in [5.41, 5.74) is -5.08. The van der Waals surface area contributed by atoms with Crippen molar-refractivity contribution in [1.82, 2.24) is 0 Å². The summed E-state index contributed by atoms with van der Waals surface area (Å²) >= 11 is 0. The fourth-order valence-electron chi connectivity index (χ4n) is 4.14. The summed E-state index contributed by atoms with van der Waals surface area (Å²) in [6.07, 6.45) is 3.44. The predicted molar refractivity (Wildman–Crippen MR) is 114 cm³/mol. The van der Waals surface area contributed by atoms with Gasteiger partial charge >= 0.3 is 15.6 Å². The summed E-state index contributed by atoms with van der Waals surface area (Å²) in [5.74, 6) is 0.934. The minimum Gasteiger partial charge on any atom is -0.496 e. The van der Waals surface area contributed by atoms with Gasteiger partial charge in [0.05, 0.1) is 14.2 Å². The maximum atomic E-state index is 13.2. The number of hydrogen-bond acceptors (Lipinski definition) is 5. The second kappa shape index (κ2) is 9.44. The number of benzene rings is 2. The van der Waals surface area contributed by atoms with Gasteiger partial charge in [-0.3, -0.25) is 0 Å². The fourth-order valence-corrected chi connectivity index (χ4v) is 4.72. The number of allylic oxidation sites excluding steroid dienone is 2. The first-order chi connectivity index (χ1) is 15.1. The average molecular weight is 471 g/mol. The maximum Gasteiger partial charge on any atom is 0.534 e. The Kier molecular flexibility index (Phi) is 7.07. The third-order valence-corrected chi connectivity index (χ3v) is 6.60. The molecule has 1 aliphatic carbocycles. The lowest BCUT2D eigenvalue weighted by Gasteiger charge is -2.38. The topological polar surface area (TPSA) is 61.8 Å².